The second-order valence-electron chi connectivity index (χ2n) is 4.09. The van der Waals surface area contributed by atoms with Crippen LogP contribution in [0.5, 0.6) is 0 Å². The van der Waals surface area contributed by atoms with Crippen molar-refractivity contribution in [1.82, 2.24) is 19.6 Å². The van der Waals surface area contributed by atoms with Gasteiger partial charge in [-0.15, -0.1) is 0 Å². The van der Waals surface area contributed by atoms with Crippen molar-refractivity contribution in [3.05, 3.63) is 12.2 Å². The first kappa shape index (κ1) is 14.7. The van der Waals surface area contributed by atoms with Crippen molar-refractivity contribution in [2.75, 3.05) is 23.3 Å². The fourth-order valence-corrected chi connectivity index (χ4v) is 3.85. The van der Waals surface area contributed by atoms with Crippen LogP contribution in [0.2, 0.25) is 0 Å². The van der Waals surface area contributed by atoms with E-state index in [2.05, 4.69) is 24.9 Å². The number of H-pyrrole nitrogens is 1. The monoisotopic (exact) mass is 316 g/mol. The average molecular weight is 316 g/mol. The topological polar surface area (TPSA) is 127 Å². The molecule has 0 radical (unpaired) electrons. The smallest absolute Gasteiger partial charge is 0.184 e. The molecule has 0 aliphatic rings. The molecule has 0 bridgehead atoms. The van der Waals surface area contributed by atoms with Crippen LogP contribution in [0, 0.1) is 0 Å². The molecule has 0 aromatic carbocycles. The molecule has 20 heavy (non-hydrogen) atoms. The minimum Gasteiger partial charge on any atom is -0.382 e. The zero-order valence-corrected chi connectivity index (χ0v) is 12.6. The quantitative estimate of drug-likeness (QED) is 0.641. The Morgan fingerprint density at radius 3 is 2.95 bits per heavy atom. The van der Waals surface area contributed by atoms with Gasteiger partial charge in [-0.25, -0.2) is 13.4 Å². The molecule has 0 unspecified atom stereocenters. The third kappa shape index (κ3) is 3.25. The van der Waals surface area contributed by atoms with Crippen LogP contribution in [0.25, 0.3) is 0 Å². The molecule has 2 aromatic heterocycles. The van der Waals surface area contributed by atoms with Gasteiger partial charge in [0.1, 0.15) is 22.0 Å². The summed E-state index contributed by atoms with van der Waals surface area (Å²) < 4.78 is 27.8. The number of aromatic nitrogens is 4. The summed E-state index contributed by atoms with van der Waals surface area (Å²) in [6, 6.07) is 0. The van der Waals surface area contributed by atoms with E-state index in [0.717, 1.165) is 30.2 Å². The first-order chi connectivity index (χ1) is 9.54. The Morgan fingerprint density at radius 1 is 1.50 bits per heavy atom. The van der Waals surface area contributed by atoms with Crippen molar-refractivity contribution < 1.29 is 8.42 Å². The number of sulfone groups is 1. The number of aromatic amines is 1. The van der Waals surface area contributed by atoms with Crippen LogP contribution in [-0.4, -0.2) is 40.3 Å². The Morgan fingerprint density at radius 2 is 2.30 bits per heavy atom. The molecule has 0 aliphatic carbocycles. The number of aryl methyl sites for hydroxylation is 1. The molecular weight excluding hydrogens is 300 g/mol. The molecule has 2 rings (SSSR count). The SMILES string of the molecule is CCS(=O)(=O)c1c(N)nsc1NCCCc1ncn[nH]1. The fourth-order valence-electron chi connectivity index (χ4n) is 1.66. The molecule has 0 atom stereocenters. The lowest BCUT2D eigenvalue weighted by molar-refractivity contribution is 0.598. The summed E-state index contributed by atoms with van der Waals surface area (Å²) >= 11 is 1.07. The van der Waals surface area contributed by atoms with E-state index in [4.69, 9.17) is 5.73 Å². The number of anilines is 2. The molecule has 110 valence electrons. The molecule has 0 saturated carbocycles. The van der Waals surface area contributed by atoms with Crippen LogP contribution in [0.3, 0.4) is 0 Å². The Kier molecular flexibility index (Phi) is 4.55. The Labute approximate surface area is 120 Å². The normalized spacial score (nSPS) is 11.7. The highest BCUT2D eigenvalue weighted by molar-refractivity contribution is 7.91. The van der Waals surface area contributed by atoms with Gasteiger partial charge in [0.15, 0.2) is 15.7 Å². The lowest BCUT2D eigenvalue weighted by Gasteiger charge is -2.06. The molecule has 4 N–H and O–H groups in total. The second kappa shape index (κ2) is 6.18. The third-order valence-electron chi connectivity index (χ3n) is 2.71. The van der Waals surface area contributed by atoms with Gasteiger partial charge in [0.25, 0.3) is 0 Å². The third-order valence-corrected chi connectivity index (χ3v) is 5.45. The largest absolute Gasteiger partial charge is 0.382 e. The summed E-state index contributed by atoms with van der Waals surface area (Å²) in [6.45, 7) is 2.19. The molecule has 0 amide bonds. The number of nitrogens with two attached hydrogens (primary N) is 1. The average Bonchev–Trinajstić information content (AvgIpc) is 3.04. The van der Waals surface area contributed by atoms with E-state index in [1.54, 1.807) is 6.92 Å². The van der Waals surface area contributed by atoms with Crippen molar-refractivity contribution in [3.63, 3.8) is 0 Å². The van der Waals surface area contributed by atoms with E-state index in [1.807, 2.05) is 0 Å². The van der Waals surface area contributed by atoms with Gasteiger partial charge in [-0.3, -0.25) is 5.10 Å². The van der Waals surface area contributed by atoms with Crippen molar-refractivity contribution >= 4 is 32.2 Å². The Balaban J connectivity index is 1.97. The minimum absolute atomic E-state index is 0.00234. The lowest BCUT2D eigenvalue weighted by atomic mass is 10.3. The van der Waals surface area contributed by atoms with Crippen LogP contribution in [0.4, 0.5) is 10.8 Å². The molecule has 0 spiro atoms. The molecule has 2 heterocycles. The van der Waals surface area contributed by atoms with E-state index in [-0.39, 0.29) is 16.5 Å². The van der Waals surface area contributed by atoms with E-state index in [9.17, 15) is 8.42 Å². The summed E-state index contributed by atoms with van der Waals surface area (Å²) in [5.41, 5.74) is 5.64. The first-order valence-corrected chi connectivity index (χ1v) is 8.53. The molecule has 8 nitrogen and oxygen atoms in total. The van der Waals surface area contributed by atoms with Crippen molar-refractivity contribution in [2.45, 2.75) is 24.7 Å². The number of hydrogen-bond acceptors (Lipinski definition) is 8. The molecule has 10 heteroatoms. The van der Waals surface area contributed by atoms with Gasteiger partial charge in [-0.05, 0) is 18.0 Å². The summed E-state index contributed by atoms with van der Waals surface area (Å²) in [6.07, 6.45) is 2.98. The minimum atomic E-state index is -3.36. The molecule has 0 saturated heterocycles. The summed E-state index contributed by atoms with van der Waals surface area (Å²) in [7, 11) is -3.36. The highest BCUT2D eigenvalue weighted by Gasteiger charge is 2.23. The van der Waals surface area contributed by atoms with E-state index in [0.29, 0.717) is 11.5 Å². The van der Waals surface area contributed by atoms with Crippen LogP contribution in [-0.2, 0) is 16.3 Å². The van der Waals surface area contributed by atoms with Crippen LogP contribution >= 0.6 is 11.5 Å². The number of nitrogens with one attached hydrogen (secondary N) is 2. The maximum Gasteiger partial charge on any atom is 0.184 e. The zero-order valence-electron chi connectivity index (χ0n) is 11.0. The molecule has 2 aromatic rings. The number of rotatable bonds is 7. The molecular formula is C10H16N6O2S2. The summed E-state index contributed by atoms with van der Waals surface area (Å²) in [4.78, 5) is 4.13. The van der Waals surface area contributed by atoms with Gasteiger partial charge in [-0.1, -0.05) is 6.92 Å². The molecule has 0 aliphatic heterocycles. The van der Waals surface area contributed by atoms with Gasteiger partial charge in [0.05, 0.1) is 5.75 Å². The van der Waals surface area contributed by atoms with Gasteiger partial charge in [0.2, 0.25) is 0 Å². The van der Waals surface area contributed by atoms with Crippen LogP contribution in [0.1, 0.15) is 19.2 Å². The van der Waals surface area contributed by atoms with Crippen molar-refractivity contribution in [1.29, 1.82) is 0 Å². The van der Waals surface area contributed by atoms with Crippen molar-refractivity contribution in [3.8, 4) is 0 Å². The maximum atomic E-state index is 11.9. The number of nitrogen functional groups attached to an aromatic ring is 1. The molecule has 0 fully saturated rings. The predicted octanol–water partition coefficient (Wildman–Crippen LogP) is 0.682. The fraction of sp³-hybridized carbons (Fsp3) is 0.500. The summed E-state index contributed by atoms with van der Waals surface area (Å²) in [5, 5.41) is 10.1. The standard InChI is InChI=1S/C10H16N6O2S2/c1-2-20(17,18)8-9(11)16-19-10(8)12-5-3-4-7-13-6-14-15-7/h6,12H,2-5H2,1H3,(H2,11,16)(H,13,14,15). The zero-order chi connectivity index (χ0) is 14.6. The Bertz CT molecular complexity index is 649. The second-order valence-corrected chi connectivity index (χ2v) is 7.08. The van der Waals surface area contributed by atoms with E-state index < -0.39 is 9.84 Å². The number of hydrogen-bond donors (Lipinski definition) is 3. The Hall–Kier alpha value is -1.68. The van der Waals surface area contributed by atoms with Gasteiger partial charge in [-0.2, -0.15) is 9.47 Å². The van der Waals surface area contributed by atoms with Crippen LogP contribution in [0.15, 0.2) is 11.2 Å². The van der Waals surface area contributed by atoms with Gasteiger partial charge < -0.3 is 11.1 Å². The van der Waals surface area contributed by atoms with Crippen molar-refractivity contribution in [2.24, 2.45) is 0 Å². The van der Waals surface area contributed by atoms with Crippen LogP contribution < -0.4 is 11.1 Å². The predicted molar refractivity (Wildman–Crippen MR) is 77.4 cm³/mol. The van der Waals surface area contributed by atoms with E-state index in [1.165, 1.54) is 6.33 Å². The van der Waals surface area contributed by atoms with Gasteiger partial charge >= 0.3 is 0 Å². The highest BCUT2D eigenvalue weighted by atomic mass is 32.2. The first-order valence-electron chi connectivity index (χ1n) is 6.10. The van der Waals surface area contributed by atoms with E-state index >= 15 is 0 Å². The van der Waals surface area contributed by atoms with Gasteiger partial charge in [0, 0.05) is 13.0 Å². The highest BCUT2D eigenvalue weighted by Crippen LogP contribution is 2.32. The maximum absolute atomic E-state index is 11.9. The lowest BCUT2D eigenvalue weighted by Crippen LogP contribution is -2.10. The summed E-state index contributed by atoms with van der Waals surface area (Å²) in [5.74, 6) is 0.870. The number of nitrogens with zero attached hydrogens (tertiary/aromatic N) is 3.